The number of benzene rings is 1. The number of carbonyl (C=O) groups is 1. The summed E-state index contributed by atoms with van der Waals surface area (Å²) in [5.74, 6) is -2.85. The molecule has 82 valence electrons. The molecule has 0 aliphatic rings. The van der Waals surface area contributed by atoms with Crippen LogP contribution in [0.4, 0.5) is 8.78 Å². The Morgan fingerprint density at radius 1 is 1.40 bits per heavy atom. The molecule has 2 nitrogen and oxygen atoms in total. The van der Waals surface area contributed by atoms with E-state index in [2.05, 4.69) is 5.32 Å². The van der Waals surface area contributed by atoms with Crippen molar-refractivity contribution >= 4 is 6.41 Å². The maximum atomic E-state index is 13.0. The van der Waals surface area contributed by atoms with Crippen LogP contribution in [0.5, 0.6) is 0 Å². The third-order valence-corrected chi connectivity index (χ3v) is 2.03. The molecule has 0 radical (unpaired) electrons. The molecule has 1 aromatic rings. The van der Waals surface area contributed by atoms with E-state index in [9.17, 15) is 13.6 Å². The molecule has 0 unspecified atom stereocenters. The topological polar surface area (TPSA) is 29.1 Å². The van der Waals surface area contributed by atoms with Crippen molar-refractivity contribution in [2.75, 3.05) is 0 Å². The number of aryl methyl sites for hydroxylation is 1. The molecule has 1 aromatic carbocycles. The second-order valence-electron chi connectivity index (χ2n) is 3.59. The molecule has 0 saturated heterocycles. The third kappa shape index (κ3) is 3.31. The van der Waals surface area contributed by atoms with Gasteiger partial charge in [-0.2, -0.15) is 0 Å². The molecule has 0 fully saturated rings. The number of alkyl halides is 2. The Hall–Kier alpha value is -1.45. The number of hydrogen-bond donors (Lipinski definition) is 1. The number of amides is 1. The number of hydrogen-bond acceptors (Lipinski definition) is 1. The van der Waals surface area contributed by atoms with Gasteiger partial charge in [0.2, 0.25) is 6.41 Å². The Balaban J connectivity index is 3.00. The fourth-order valence-electron chi connectivity index (χ4n) is 1.38. The lowest BCUT2D eigenvalue weighted by Crippen LogP contribution is -2.12. The SMILES string of the molecule is Cc1cc(CNC=O)cc(C(C)(F)F)c1. The Morgan fingerprint density at radius 3 is 2.60 bits per heavy atom. The summed E-state index contributed by atoms with van der Waals surface area (Å²) in [6, 6.07) is 4.62. The average Bonchev–Trinajstić information content (AvgIpc) is 2.12. The van der Waals surface area contributed by atoms with Crippen LogP contribution in [-0.4, -0.2) is 6.41 Å². The highest BCUT2D eigenvalue weighted by Gasteiger charge is 2.24. The molecule has 0 bridgehead atoms. The molecule has 0 atom stereocenters. The lowest BCUT2D eigenvalue weighted by Gasteiger charge is -2.13. The van der Waals surface area contributed by atoms with Gasteiger partial charge in [-0.15, -0.1) is 0 Å². The van der Waals surface area contributed by atoms with Gasteiger partial charge >= 0.3 is 0 Å². The summed E-state index contributed by atoms with van der Waals surface area (Å²) < 4.78 is 26.1. The zero-order valence-electron chi connectivity index (χ0n) is 8.68. The van der Waals surface area contributed by atoms with Gasteiger partial charge in [-0.1, -0.05) is 17.7 Å². The second kappa shape index (κ2) is 4.38. The van der Waals surface area contributed by atoms with Gasteiger partial charge in [-0.25, -0.2) is 8.78 Å². The monoisotopic (exact) mass is 213 g/mol. The maximum Gasteiger partial charge on any atom is 0.270 e. The van der Waals surface area contributed by atoms with Gasteiger partial charge in [0.25, 0.3) is 5.92 Å². The fourth-order valence-corrected chi connectivity index (χ4v) is 1.38. The maximum absolute atomic E-state index is 13.0. The summed E-state index contributed by atoms with van der Waals surface area (Å²) in [6.45, 7) is 2.88. The standard InChI is InChI=1S/C11H13F2NO/c1-8-3-9(6-14-7-15)5-10(4-8)11(2,12)13/h3-5,7H,6H2,1-2H3,(H,14,15). The number of halogens is 2. The summed E-state index contributed by atoms with van der Waals surface area (Å²) in [7, 11) is 0. The Kier molecular flexibility index (Phi) is 3.39. The van der Waals surface area contributed by atoms with E-state index >= 15 is 0 Å². The summed E-state index contributed by atoms with van der Waals surface area (Å²) >= 11 is 0. The Bertz CT molecular complexity index is 358. The zero-order valence-corrected chi connectivity index (χ0v) is 8.68. The van der Waals surface area contributed by atoms with Gasteiger partial charge in [0.15, 0.2) is 0 Å². The predicted octanol–water partition coefficient (Wildman–Crippen LogP) is 2.35. The van der Waals surface area contributed by atoms with E-state index in [0.29, 0.717) is 12.0 Å². The Labute approximate surface area is 87.3 Å². The Morgan fingerprint density at radius 2 is 2.07 bits per heavy atom. The first kappa shape index (κ1) is 11.6. The smallest absolute Gasteiger partial charge is 0.270 e. The van der Waals surface area contributed by atoms with Crippen molar-refractivity contribution < 1.29 is 13.6 Å². The van der Waals surface area contributed by atoms with Crippen LogP contribution < -0.4 is 5.32 Å². The molecule has 4 heteroatoms. The van der Waals surface area contributed by atoms with Crippen molar-refractivity contribution in [3.05, 3.63) is 34.9 Å². The summed E-state index contributed by atoms with van der Waals surface area (Å²) in [6.07, 6.45) is 0.548. The van der Waals surface area contributed by atoms with Crippen LogP contribution in [0.15, 0.2) is 18.2 Å². The number of carbonyl (C=O) groups excluding carboxylic acids is 1. The molecule has 0 aliphatic heterocycles. The van der Waals surface area contributed by atoms with E-state index in [1.54, 1.807) is 13.0 Å². The molecule has 1 rings (SSSR count). The van der Waals surface area contributed by atoms with E-state index in [0.717, 1.165) is 12.5 Å². The molecule has 1 N–H and O–H groups in total. The van der Waals surface area contributed by atoms with Crippen molar-refractivity contribution in [3.8, 4) is 0 Å². The third-order valence-electron chi connectivity index (χ3n) is 2.03. The van der Waals surface area contributed by atoms with Crippen molar-refractivity contribution in [1.29, 1.82) is 0 Å². The molecular weight excluding hydrogens is 200 g/mol. The minimum absolute atomic E-state index is 0.0230. The summed E-state index contributed by atoms with van der Waals surface area (Å²) in [5.41, 5.74) is 1.42. The molecule has 15 heavy (non-hydrogen) atoms. The quantitative estimate of drug-likeness (QED) is 0.764. The van der Waals surface area contributed by atoms with Gasteiger partial charge < -0.3 is 5.32 Å². The van der Waals surface area contributed by atoms with Crippen molar-refractivity contribution in [2.45, 2.75) is 26.3 Å². The van der Waals surface area contributed by atoms with E-state index < -0.39 is 5.92 Å². The van der Waals surface area contributed by atoms with Gasteiger partial charge in [0.05, 0.1) is 0 Å². The normalized spacial score (nSPS) is 11.2. The summed E-state index contributed by atoms with van der Waals surface area (Å²) in [5, 5.41) is 2.44. The van der Waals surface area contributed by atoms with Gasteiger partial charge in [0, 0.05) is 19.0 Å². The van der Waals surface area contributed by atoms with Crippen molar-refractivity contribution in [3.63, 3.8) is 0 Å². The summed E-state index contributed by atoms with van der Waals surface area (Å²) in [4.78, 5) is 10.1. The predicted molar refractivity (Wildman–Crippen MR) is 53.7 cm³/mol. The fraction of sp³-hybridized carbons (Fsp3) is 0.364. The largest absolute Gasteiger partial charge is 0.355 e. The highest BCUT2D eigenvalue weighted by Crippen LogP contribution is 2.28. The number of rotatable bonds is 4. The lowest BCUT2D eigenvalue weighted by atomic mass is 10.0. The second-order valence-corrected chi connectivity index (χ2v) is 3.59. The molecule has 0 aromatic heterocycles. The number of nitrogens with one attached hydrogen (secondary N) is 1. The van der Waals surface area contributed by atoms with Crippen LogP contribution in [0.2, 0.25) is 0 Å². The van der Waals surface area contributed by atoms with Gasteiger partial charge in [-0.05, 0) is 18.6 Å². The van der Waals surface area contributed by atoms with Crippen LogP contribution in [0.3, 0.4) is 0 Å². The molecular formula is C11H13F2NO. The first-order chi connectivity index (χ1) is 6.93. The minimum atomic E-state index is -2.85. The van der Waals surface area contributed by atoms with Gasteiger partial charge in [0.1, 0.15) is 0 Å². The van der Waals surface area contributed by atoms with Crippen molar-refractivity contribution in [1.82, 2.24) is 5.32 Å². The molecule has 0 saturated carbocycles. The van der Waals surface area contributed by atoms with Crippen LogP contribution in [0, 0.1) is 6.92 Å². The minimum Gasteiger partial charge on any atom is -0.355 e. The average molecular weight is 213 g/mol. The molecule has 0 aliphatic carbocycles. The molecule has 1 amide bonds. The highest BCUT2D eigenvalue weighted by molar-refractivity contribution is 5.46. The zero-order chi connectivity index (χ0) is 11.5. The van der Waals surface area contributed by atoms with Crippen LogP contribution in [0.1, 0.15) is 23.6 Å². The van der Waals surface area contributed by atoms with Crippen LogP contribution >= 0.6 is 0 Å². The van der Waals surface area contributed by atoms with Crippen LogP contribution in [-0.2, 0) is 17.3 Å². The first-order valence-corrected chi connectivity index (χ1v) is 4.59. The van der Waals surface area contributed by atoms with E-state index in [4.69, 9.17) is 0 Å². The highest BCUT2D eigenvalue weighted by atomic mass is 19.3. The molecule has 0 heterocycles. The lowest BCUT2D eigenvalue weighted by molar-refractivity contribution is -0.109. The first-order valence-electron chi connectivity index (χ1n) is 4.59. The van der Waals surface area contributed by atoms with E-state index in [1.165, 1.54) is 12.1 Å². The van der Waals surface area contributed by atoms with Crippen molar-refractivity contribution in [2.24, 2.45) is 0 Å². The van der Waals surface area contributed by atoms with Gasteiger partial charge in [-0.3, -0.25) is 4.79 Å². The molecule has 0 spiro atoms. The van der Waals surface area contributed by atoms with Crippen LogP contribution in [0.25, 0.3) is 0 Å². The van der Waals surface area contributed by atoms with E-state index in [1.807, 2.05) is 0 Å². The van der Waals surface area contributed by atoms with E-state index in [-0.39, 0.29) is 12.1 Å².